The number of para-hydroxylation sites is 1. The minimum absolute atomic E-state index is 0.642. The van der Waals surface area contributed by atoms with Gasteiger partial charge in [0.25, 0.3) is 0 Å². The van der Waals surface area contributed by atoms with Crippen LogP contribution in [-0.2, 0) is 0 Å². The molecule has 0 unspecified atom stereocenters. The molecule has 0 saturated heterocycles. The van der Waals surface area contributed by atoms with E-state index in [1.165, 1.54) is 0 Å². The van der Waals surface area contributed by atoms with E-state index in [1.54, 1.807) is 0 Å². The van der Waals surface area contributed by atoms with Crippen LogP contribution in [0.25, 0.3) is 78.4 Å². The normalized spacial score (nSPS) is 11.3. The van der Waals surface area contributed by atoms with E-state index in [4.69, 9.17) is 19.4 Å². The van der Waals surface area contributed by atoms with E-state index >= 15 is 0 Å². The number of furan rings is 1. The van der Waals surface area contributed by atoms with Crippen LogP contribution in [-0.4, -0.2) is 15.0 Å². The molecule has 6 aromatic carbocycles. The molecule has 0 aliphatic heterocycles. The van der Waals surface area contributed by atoms with E-state index in [9.17, 15) is 0 Å². The van der Waals surface area contributed by atoms with Crippen molar-refractivity contribution in [2.45, 2.75) is 0 Å². The highest BCUT2D eigenvalue weighted by atomic mass is 16.3. The first-order valence-corrected chi connectivity index (χ1v) is 14.3. The molecule has 0 bridgehead atoms. The zero-order valence-corrected chi connectivity index (χ0v) is 23.2. The maximum atomic E-state index is 6.05. The van der Waals surface area contributed by atoms with Crippen LogP contribution in [0.1, 0.15) is 0 Å². The average molecular weight is 552 g/mol. The van der Waals surface area contributed by atoms with Gasteiger partial charge in [-0.15, -0.1) is 0 Å². The molecular weight excluding hydrogens is 526 g/mol. The van der Waals surface area contributed by atoms with E-state index < -0.39 is 0 Å². The Morgan fingerprint density at radius 1 is 0.302 bits per heavy atom. The summed E-state index contributed by atoms with van der Waals surface area (Å²) in [5.41, 5.74) is 9.16. The first-order valence-electron chi connectivity index (χ1n) is 14.3. The minimum atomic E-state index is 0.642. The average Bonchev–Trinajstić information content (AvgIpc) is 3.47. The Morgan fingerprint density at radius 2 is 0.744 bits per heavy atom. The molecule has 0 aliphatic rings. The Bertz CT molecular complexity index is 2180. The van der Waals surface area contributed by atoms with Crippen LogP contribution < -0.4 is 0 Å². The molecule has 2 aromatic heterocycles. The van der Waals surface area contributed by atoms with Gasteiger partial charge in [-0.3, -0.25) is 0 Å². The monoisotopic (exact) mass is 551 g/mol. The van der Waals surface area contributed by atoms with Gasteiger partial charge in [0.15, 0.2) is 17.5 Å². The standard InChI is InChI=1S/C39H25N3O/c1-3-11-26(12-4-1)37-40-38(27-13-5-2-6-14-27)42-39(41-37)32-18-10-17-30(24-32)28-15-9-16-29(23-28)31-21-22-36-34(25-31)33-19-7-8-20-35(33)43-36/h1-25H. The zero-order chi connectivity index (χ0) is 28.6. The summed E-state index contributed by atoms with van der Waals surface area (Å²) >= 11 is 0. The second-order valence-electron chi connectivity index (χ2n) is 10.5. The van der Waals surface area contributed by atoms with Crippen LogP contribution >= 0.6 is 0 Å². The predicted molar refractivity (Wildman–Crippen MR) is 174 cm³/mol. The van der Waals surface area contributed by atoms with Crippen LogP contribution in [0.4, 0.5) is 0 Å². The van der Waals surface area contributed by atoms with Gasteiger partial charge in [0.1, 0.15) is 11.2 Å². The summed E-state index contributed by atoms with van der Waals surface area (Å²) < 4.78 is 6.05. The van der Waals surface area contributed by atoms with Gasteiger partial charge < -0.3 is 4.42 Å². The SMILES string of the molecule is c1ccc(-c2nc(-c3ccccc3)nc(-c3cccc(-c4cccc(-c5ccc6oc7ccccc7c6c5)c4)c3)n2)cc1. The summed E-state index contributed by atoms with van der Waals surface area (Å²) in [7, 11) is 0. The van der Waals surface area contributed by atoms with Gasteiger partial charge in [-0.05, 0) is 52.6 Å². The number of hydrogen-bond acceptors (Lipinski definition) is 4. The molecule has 0 aliphatic carbocycles. The molecule has 8 rings (SSSR count). The van der Waals surface area contributed by atoms with Crippen molar-refractivity contribution in [3.8, 4) is 56.4 Å². The van der Waals surface area contributed by atoms with Crippen LogP contribution in [0.3, 0.4) is 0 Å². The van der Waals surface area contributed by atoms with Crippen LogP contribution in [0.5, 0.6) is 0 Å². The van der Waals surface area contributed by atoms with E-state index in [0.29, 0.717) is 17.5 Å². The number of nitrogens with zero attached hydrogens (tertiary/aromatic N) is 3. The summed E-state index contributed by atoms with van der Waals surface area (Å²) in [6.07, 6.45) is 0. The van der Waals surface area contributed by atoms with Gasteiger partial charge in [0.05, 0.1) is 0 Å². The van der Waals surface area contributed by atoms with Crippen molar-refractivity contribution in [1.29, 1.82) is 0 Å². The number of fused-ring (bicyclic) bond motifs is 3. The lowest BCUT2D eigenvalue weighted by molar-refractivity contribution is 0.669. The Morgan fingerprint density at radius 3 is 1.37 bits per heavy atom. The van der Waals surface area contributed by atoms with Crippen molar-refractivity contribution in [3.05, 3.63) is 152 Å². The molecule has 43 heavy (non-hydrogen) atoms. The highest BCUT2D eigenvalue weighted by Gasteiger charge is 2.13. The first kappa shape index (κ1) is 24.9. The fourth-order valence-electron chi connectivity index (χ4n) is 5.56. The third kappa shape index (κ3) is 4.75. The van der Waals surface area contributed by atoms with Crippen molar-refractivity contribution in [2.75, 3.05) is 0 Å². The van der Waals surface area contributed by atoms with E-state index in [1.807, 2.05) is 72.8 Å². The maximum absolute atomic E-state index is 6.05. The van der Waals surface area contributed by atoms with E-state index in [2.05, 4.69) is 78.9 Å². The fraction of sp³-hybridized carbons (Fsp3) is 0. The van der Waals surface area contributed by atoms with Gasteiger partial charge in [-0.25, -0.2) is 15.0 Å². The summed E-state index contributed by atoms with van der Waals surface area (Å²) in [5, 5.41) is 2.25. The number of rotatable bonds is 5. The van der Waals surface area contributed by atoms with Crippen molar-refractivity contribution < 1.29 is 4.42 Å². The Labute approximate surface area is 249 Å². The Hall–Kier alpha value is -5.87. The molecule has 0 radical (unpaired) electrons. The second kappa shape index (κ2) is 10.5. The minimum Gasteiger partial charge on any atom is -0.456 e. The van der Waals surface area contributed by atoms with Gasteiger partial charge in [-0.1, -0.05) is 121 Å². The smallest absolute Gasteiger partial charge is 0.164 e. The number of aromatic nitrogens is 3. The lowest BCUT2D eigenvalue weighted by atomic mass is 9.97. The highest BCUT2D eigenvalue weighted by Crippen LogP contribution is 2.34. The molecule has 0 amide bonds. The lowest BCUT2D eigenvalue weighted by Gasteiger charge is -2.10. The molecule has 202 valence electrons. The van der Waals surface area contributed by atoms with Crippen molar-refractivity contribution in [3.63, 3.8) is 0 Å². The molecule has 8 aromatic rings. The molecule has 4 nitrogen and oxygen atoms in total. The second-order valence-corrected chi connectivity index (χ2v) is 10.5. The molecule has 0 spiro atoms. The van der Waals surface area contributed by atoms with Crippen LogP contribution in [0, 0.1) is 0 Å². The van der Waals surface area contributed by atoms with Crippen molar-refractivity contribution in [1.82, 2.24) is 15.0 Å². The Kier molecular flexibility index (Phi) is 6.08. The van der Waals surface area contributed by atoms with Gasteiger partial charge in [0.2, 0.25) is 0 Å². The summed E-state index contributed by atoms with van der Waals surface area (Å²) in [6.45, 7) is 0. The number of benzene rings is 6. The summed E-state index contributed by atoms with van der Waals surface area (Å²) in [5.74, 6) is 1.95. The predicted octanol–water partition coefficient (Wildman–Crippen LogP) is 10.1. The van der Waals surface area contributed by atoms with Gasteiger partial charge >= 0.3 is 0 Å². The zero-order valence-electron chi connectivity index (χ0n) is 23.2. The molecule has 4 heteroatoms. The molecular formula is C39H25N3O. The first-order chi connectivity index (χ1) is 21.3. The largest absolute Gasteiger partial charge is 0.456 e. The molecule has 0 atom stereocenters. The summed E-state index contributed by atoms with van der Waals surface area (Å²) in [6, 6.07) is 51.8. The van der Waals surface area contributed by atoms with E-state index in [0.717, 1.165) is 60.9 Å². The molecule has 0 saturated carbocycles. The number of hydrogen-bond donors (Lipinski definition) is 0. The maximum Gasteiger partial charge on any atom is 0.164 e. The van der Waals surface area contributed by atoms with Crippen molar-refractivity contribution >= 4 is 21.9 Å². The third-order valence-corrected chi connectivity index (χ3v) is 7.73. The van der Waals surface area contributed by atoms with Gasteiger partial charge in [-0.2, -0.15) is 0 Å². The summed E-state index contributed by atoms with van der Waals surface area (Å²) in [4.78, 5) is 14.7. The highest BCUT2D eigenvalue weighted by molar-refractivity contribution is 6.06. The van der Waals surface area contributed by atoms with Crippen molar-refractivity contribution in [2.24, 2.45) is 0 Å². The Balaban J connectivity index is 1.20. The van der Waals surface area contributed by atoms with Crippen LogP contribution in [0.2, 0.25) is 0 Å². The molecule has 0 fully saturated rings. The molecule has 2 heterocycles. The fourth-order valence-corrected chi connectivity index (χ4v) is 5.56. The van der Waals surface area contributed by atoms with Gasteiger partial charge in [0, 0.05) is 27.5 Å². The quantitative estimate of drug-likeness (QED) is 0.214. The lowest BCUT2D eigenvalue weighted by Crippen LogP contribution is -2.00. The topological polar surface area (TPSA) is 51.8 Å². The molecule has 0 N–H and O–H groups in total. The van der Waals surface area contributed by atoms with Crippen LogP contribution in [0.15, 0.2) is 156 Å². The third-order valence-electron chi connectivity index (χ3n) is 7.73. The van der Waals surface area contributed by atoms with E-state index in [-0.39, 0.29) is 0 Å².